The standard InChI is InChI=1S/C4H6.5C3H8.C2H6/c1-3-4-2;5*1-3-2;1-2/h3-4H,1-2H2;5*3H2,1-2H3;1-2H3. The summed E-state index contributed by atoms with van der Waals surface area (Å²) in [6.07, 6.45) is 9.53. The summed E-state index contributed by atoms with van der Waals surface area (Å²) in [5, 5.41) is 0. The molecule has 0 bridgehead atoms. The van der Waals surface area contributed by atoms with E-state index in [9.17, 15) is 0 Å². The predicted octanol–water partition coefficient (Wildman–Crippen LogP) is 9.47. The van der Waals surface area contributed by atoms with Crippen molar-refractivity contribution in [3.8, 4) is 0 Å². The van der Waals surface area contributed by atoms with Gasteiger partial charge in [0.05, 0.1) is 0 Å². The second kappa shape index (κ2) is 158. The fraction of sp³-hybridized carbons (Fsp3) is 0.810. The monoisotopic (exact) mass is 304 g/mol. The average molecular weight is 305 g/mol. The molecule has 0 nitrogen and oxygen atoms in total. The Balaban J connectivity index is -0.0000000220. The molecule has 136 valence electrons. The average Bonchev–Trinajstić information content (AvgIpc) is 2.45. The second-order valence-corrected chi connectivity index (χ2v) is 4.01. The first kappa shape index (κ1) is 42.8. The highest BCUT2D eigenvalue weighted by molar-refractivity contribution is 4.88. The van der Waals surface area contributed by atoms with Gasteiger partial charge in [0.15, 0.2) is 0 Å². The quantitative estimate of drug-likeness (QED) is 0.423. The van der Waals surface area contributed by atoms with Gasteiger partial charge in [0.1, 0.15) is 0 Å². The number of allylic oxidation sites excluding steroid dienone is 2. The summed E-state index contributed by atoms with van der Waals surface area (Å²) < 4.78 is 0. The van der Waals surface area contributed by atoms with Crippen LogP contribution in [0.15, 0.2) is 25.3 Å². The molecule has 0 saturated heterocycles. The maximum Gasteiger partial charge on any atom is -0.0590 e. The van der Waals surface area contributed by atoms with Gasteiger partial charge >= 0.3 is 0 Å². The summed E-state index contributed by atoms with van der Waals surface area (Å²) in [6, 6.07) is 0. The van der Waals surface area contributed by atoms with Gasteiger partial charge in [0.25, 0.3) is 0 Å². The lowest BCUT2D eigenvalue weighted by atomic mass is 10.6. The minimum atomic E-state index is 1.25. The molecule has 0 radical (unpaired) electrons. The number of rotatable bonds is 1. The molecule has 0 heteroatoms. The molecule has 0 heterocycles. The molecule has 0 N–H and O–H groups in total. The van der Waals surface area contributed by atoms with Crippen LogP contribution in [-0.2, 0) is 0 Å². The molecule has 0 aliphatic rings. The second-order valence-electron chi connectivity index (χ2n) is 4.01. The van der Waals surface area contributed by atoms with Crippen LogP contribution >= 0.6 is 0 Å². The highest BCUT2D eigenvalue weighted by atomic mass is 13.4. The SMILES string of the molecule is C=CC=C.CC.CCC.CCC.CCC.CCC.CCC. The van der Waals surface area contributed by atoms with Crippen molar-refractivity contribution in [2.24, 2.45) is 0 Å². The Labute approximate surface area is 141 Å². The van der Waals surface area contributed by atoms with E-state index in [2.05, 4.69) is 82.4 Å². The van der Waals surface area contributed by atoms with Crippen molar-refractivity contribution in [1.82, 2.24) is 0 Å². The Morgan fingerprint density at radius 1 is 0.429 bits per heavy atom. The first-order valence-corrected chi connectivity index (χ1v) is 9.22. The van der Waals surface area contributed by atoms with Gasteiger partial charge in [-0.1, -0.05) is 140 Å². The van der Waals surface area contributed by atoms with Gasteiger partial charge in [-0.2, -0.15) is 0 Å². The van der Waals surface area contributed by atoms with Gasteiger partial charge < -0.3 is 0 Å². The molecule has 0 aromatic heterocycles. The first-order chi connectivity index (χ1) is 9.99. The first-order valence-electron chi connectivity index (χ1n) is 9.22. The van der Waals surface area contributed by atoms with Crippen molar-refractivity contribution in [2.75, 3.05) is 0 Å². The van der Waals surface area contributed by atoms with E-state index in [1.807, 2.05) is 13.8 Å². The molecular weight excluding hydrogens is 252 g/mol. The Bertz CT molecular complexity index is 54.5. The lowest BCUT2D eigenvalue weighted by Crippen LogP contribution is -1.27. The van der Waals surface area contributed by atoms with Gasteiger partial charge in [-0.05, 0) is 0 Å². The van der Waals surface area contributed by atoms with Crippen molar-refractivity contribution in [3.63, 3.8) is 0 Å². The molecular formula is C21H52. The van der Waals surface area contributed by atoms with E-state index in [0.29, 0.717) is 0 Å². The van der Waals surface area contributed by atoms with Crippen molar-refractivity contribution < 1.29 is 0 Å². The van der Waals surface area contributed by atoms with Crippen LogP contribution in [0.25, 0.3) is 0 Å². The summed E-state index contributed by atoms with van der Waals surface area (Å²) in [4.78, 5) is 0. The highest BCUT2D eigenvalue weighted by Crippen LogP contribution is 1.57. The molecule has 0 atom stereocenters. The lowest BCUT2D eigenvalue weighted by molar-refractivity contribution is 1.09. The van der Waals surface area contributed by atoms with E-state index < -0.39 is 0 Å². The van der Waals surface area contributed by atoms with Gasteiger partial charge in [0.2, 0.25) is 0 Å². The minimum Gasteiger partial charge on any atom is -0.0991 e. The molecule has 0 aromatic carbocycles. The summed E-state index contributed by atoms with van der Waals surface area (Å²) in [6.45, 7) is 32.0. The topological polar surface area (TPSA) is 0 Å². The van der Waals surface area contributed by atoms with Crippen LogP contribution in [0.5, 0.6) is 0 Å². The third-order valence-corrected chi connectivity index (χ3v) is 0.167. The van der Waals surface area contributed by atoms with Crippen LogP contribution in [0.2, 0.25) is 0 Å². The van der Waals surface area contributed by atoms with Crippen LogP contribution in [-0.4, -0.2) is 0 Å². The highest BCUT2D eigenvalue weighted by Gasteiger charge is 1.36. The molecule has 0 aliphatic carbocycles. The molecule has 0 rings (SSSR count). The third-order valence-electron chi connectivity index (χ3n) is 0.167. The van der Waals surface area contributed by atoms with Crippen molar-refractivity contribution >= 4 is 0 Å². The third kappa shape index (κ3) is 25800. The molecule has 0 saturated carbocycles. The van der Waals surface area contributed by atoms with Crippen molar-refractivity contribution in [2.45, 2.75) is 115 Å². The van der Waals surface area contributed by atoms with E-state index in [0.717, 1.165) is 0 Å². The van der Waals surface area contributed by atoms with Crippen molar-refractivity contribution in [3.05, 3.63) is 25.3 Å². The smallest absolute Gasteiger partial charge is 0.0590 e. The van der Waals surface area contributed by atoms with Crippen molar-refractivity contribution in [1.29, 1.82) is 0 Å². The van der Waals surface area contributed by atoms with E-state index in [1.165, 1.54) is 32.1 Å². The number of hydrogen-bond acceptors (Lipinski definition) is 0. The van der Waals surface area contributed by atoms with Crippen LogP contribution in [0.1, 0.15) is 115 Å². The predicted molar refractivity (Wildman–Crippen MR) is 112 cm³/mol. The van der Waals surface area contributed by atoms with Crippen LogP contribution < -0.4 is 0 Å². The van der Waals surface area contributed by atoms with Crippen LogP contribution in [0.4, 0.5) is 0 Å². The summed E-state index contributed by atoms with van der Waals surface area (Å²) in [5.74, 6) is 0. The van der Waals surface area contributed by atoms with Gasteiger partial charge in [-0.3, -0.25) is 0 Å². The van der Waals surface area contributed by atoms with E-state index in [4.69, 9.17) is 0 Å². The number of hydrogen-bond donors (Lipinski definition) is 0. The van der Waals surface area contributed by atoms with Gasteiger partial charge in [-0.25, -0.2) is 0 Å². The fourth-order valence-corrected chi connectivity index (χ4v) is 0. The molecule has 0 fully saturated rings. The van der Waals surface area contributed by atoms with Gasteiger partial charge in [-0.15, -0.1) is 0 Å². The Morgan fingerprint density at radius 2 is 0.476 bits per heavy atom. The van der Waals surface area contributed by atoms with E-state index in [1.54, 1.807) is 12.2 Å². The zero-order chi connectivity index (χ0) is 18.9. The fourth-order valence-electron chi connectivity index (χ4n) is 0. The summed E-state index contributed by atoms with van der Waals surface area (Å²) in [5.41, 5.74) is 0. The largest absolute Gasteiger partial charge is 0.0991 e. The van der Waals surface area contributed by atoms with E-state index >= 15 is 0 Å². The maximum absolute atomic E-state index is 3.36. The molecule has 0 aliphatic heterocycles. The van der Waals surface area contributed by atoms with Crippen LogP contribution in [0.3, 0.4) is 0 Å². The summed E-state index contributed by atoms with van der Waals surface area (Å²) in [7, 11) is 0. The van der Waals surface area contributed by atoms with E-state index in [-0.39, 0.29) is 0 Å². The van der Waals surface area contributed by atoms with Gasteiger partial charge in [0, 0.05) is 0 Å². The molecule has 0 amide bonds. The zero-order valence-electron chi connectivity index (χ0n) is 18.1. The maximum atomic E-state index is 3.36. The lowest BCUT2D eigenvalue weighted by Gasteiger charge is -1.48. The Hall–Kier alpha value is -0.520. The molecule has 21 heavy (non-hydrogen) atoms. The van der Waals surface area contributed by atoms with Crippen LogP contribution in [0, 0.1) is 0 Å². The Kier molecular flexibility index (Phi) is 323. The molecule has 0 unspecified atom stereocenters. The minimum absolute atomic E-state index is 1.25. The molecule has 0 aromatic rings. The Morgan fingerprint density at radius 3 is 0.476 bits per heavy atom. The summed E-state index contributed by atoms with van der Waals surface area (Å²) >= 11 is 0. The normalized spacial score (nSPS) is 5.52. The molecule has 0 spiro atoms. The zero-order valence-corrected chi connectivity index (χ0v) is 18.1.